The quantitative estimate of drug-likeness (QED) is 0.369. The summed E-state index contributed by atoms with van der Waals surface area (Å²) < 4.78 is 85.8. The lowest BCUT2D eigenvalue weighted by Crippen LogP contribution is -2.49. The van der Waals surface area contributed by atoms with Gasteiger partial charge >= 0.3 is 6.36 Å². The lowest BCUT2D eigenvalue weighted by atomic mass is 10.0. The zero-order chi connectivity index (χ0) is 29.9. The van der Waals surface area contributed by atoms with E-state index in [4.69, 9.17) is 10.5 Å². The molecule has 1 aliphatic heterocycles. The van der Waals surface area contributed by atoms with Crippen LogP contribution in [0.3, 0.4) is 0 Å². The Morgan fingerprint density at radius 3 is 2.49 bits per heavy atom. The minimum atomic E-state index is -4.83. The molecule has 2 amide bonds. The van der Waals surface area contributed by atoms with Gasteiger partial charge in [0.25, 0.3) is 5.91 Å². The third-order valence-corrected chi connectivity index (χ3v) is 6.79. The van der Waals surface area contributed by atoms with Gasteiger partial charge in [-0.05, 0) is 23.8 Å². The summed E-state index contributed by atoms with van der Waals surface area (Å²) in [6, 6.07) is 6.15. The van der Waals surface area contributed by atoms with Crippen LogP contribution in [0.4, 0.5) is 17.6 Å². The highest BCUT2D eigenvalue weighted by Crippen LogP contribution is 2.28. The van der Waals surface area contributed by atoms with Gasteiger partial charge < -0.3 is 20.1 Å². The molecule has 0 aliphatic carbocycles. The number of rotatable bonds is 9. The lowest BCUT2D eigenvalue weighted by molar-refractivity contribution is -0.274. The number of ether oxygens (including phenoxy) is 2. The van der Waals surface area contributed by atoms with E-state index in [2.05, 4.69) is 14.8 Å². The Balaban J connectivity index is 1.38. The number of amides is 2. The summed E-state index contributed by atoms with van der Waals surface area (Å²) in [6.45, 7) is -0.161. The van der Waals surface area contributed by atoms with Crippen LogP contribution >= 0.6 is 0 Å². The first-order valence-electron chi connectivity index (χ1n) is 12.1. The van der Waals surface area contributed by atoms with Gasteiger partial charge in [0.15, 0.2) is 21.8 Å². The molecule has 16 heteroatoms. The van der Waals surface area contributed by atoms with Crippen molar-refractivity contribution in [1.29, 1.82) is 0 Å². The summed E-state index contributed by atoms with van der Waals surface area (Å²) in [5.41, 5.74) is 6.54. The van der Waals surface area contributed by atoms with Crippen LogP contribution in [0.15, 0.2) is 48.9 Å². The summed E-state index contributed by atoms with van der Waals surface area (Å²) in [6.07, 6.45) is -2.46. The predicted molar refractivity (Wildman–Crippen MR) is 136 cm³/mol. The Morgan fingerprint density at radius 1 is 1.17 bits per heavy atom. The number of benzene rings is 1. The largest absolute Gasteiger partial charge is 0.573 e. The number of piperidine rings is 1. The molecule has 11 nitrogen and oxygen atoms in total. The van der Waals surface area contributed by atoms with Crippen molar-refractivity contribution >= 4 is 21.7 Å². The van der Waals surface area contributed by atoms with Crippen molar-refractivity contribution in [2.24, 2.45) is 5.73 Å². The first-order chi connectivity index (χ1) is 19.2. The van der Waals surface area contributed by atoms with Crippen molar-refractivity contribution in [1.82, 2.24) is 19.7 Å². The second kappa shape index (κ2) is 11.7. The maximum absolute atomic E-state index is 15.1. The highest BCUT2D eigenvalue weighted by molar-refractivity contribution is 7.89. The van der Waals surface area contributed by atoms with E-state index in [-0.39, 0.29) is 48.8 Å². The van der Waals surface area contributed by atoms with Crippen molar-refractivity contribution in [3.8, 4) is 22.8 Å². The van der Waals surface area contributed by atoms with Gasteiger partial charge in [-0.3, -0.25) is 19.3 Å². The summed E-state index contributed by atoms with van der Waals surface area (Å²) in [5, 5.41) is 3.96. The molecule has 3 aromatic rings. The molecule has 2 aromatic heterocycles. The predicted octanol–water partition coefficient (Wildman–Crippen LogP) is 2.51. The Hall–Kier alpha value is -4.21. The fourth-order valence-corrected chi connectivity index (χ4v) is 4.82. The summed E-state index contributed by atoms with van der Waals surface area (Å²) >= 11 is 0. The van der Waals surface area contributed by atoms with E-state index in [1.54, 1.807) is 0 Å². The second-order valence-corrected chi connectivity index (χ2v) is 11.5. The fourth-order valence-electron chi connectivity index (χ4n) is 4.19. The van der Waals surface area contributed by atoms with Crippen LogP contribution in [0.5, 0.6) is 11.5 Å². The molecule has 0 bridgehead atoms. The number of primary amides is 1. The molecular weight excluding hydrogens is 574 g/mol. The molecule has 220 valence electrons. The SMILES string of the molecule is CS(=O)(=O)Cn1cc(-c2cc(C(N)=O)c(O[C@H]3CCN(C(=O)Cc4ccc(OC(F)(F)F)cc4)CC3F)cn2)cn1. The maximum atomic E-state index is 15.1. The Kier molecular flexibility index (Phi) is 8.51. The number of hydrogen-bond donors (Lipinski definition) is 1. The molecule has 3 heterocycles. The minimum Gasteiger partial charge on any atom is -0.485 e. The Morgan fingerprint density at radius 2 is 1.88 bits per heavy atom. The zero-order valence-corrected chi connectivity index (χ0v) is 22.4. The van der Waals surface area contributed by atoms with Crippen molar-refractivity contribution in [2.45, 2.75) is 37.4 Å². The van der Waals surface area contributed by atoms with Crippen molar-refractivity contribution in [3.05, 3.63) is 60.0 Å². The maximum Gasteiger partial charge on any atom is 0.573 e. The molecule has 4 rings (SSSR count). The van der Waals surface area contributed by atoms with Gasteiger partial charge in [-0.25, -0.2) is 12.8 Å². The van der Waals surface area contributed by atoms with Gasteiger partial charge in [0.1, 0.15) is 17.7 Å². The van der Waals surface area contributed by atoms with Crippen LogP contribution in [0.2, 0.25) is 0 Å². The second-order valence-electron chi connectivity index (χ2n) is 9.42. The Labute approximate surface area is 231 Å². The van der Waals surface area contributed by atoms with E-state index in [1.807, 2.05) is 0 Å². The van der Waals surface area contributed by atoms with Crippen LogP contribution < -0.4 is 15.2 Å². The summed E-state index contributed by atoms with van der Waals surface area (Å²) in [4.78, 5) is 30.3. The molecule has 0 spiro atoms. The average molecular weight is 600 g/mol. The third kappa shape index (κ3) is 8.15. The zero-order valence-electron chi connectivity index (χ0n) is 21.5. The molecule has 2 atom stereocenters. The fraction of sp³-hybridized carbons (Fsp3) is 0.360. The molecule has 1 aromatic carbocycles. The molecule has 41 heavy (non-hydrogen) atoms. The third-order valence-electron chi connectivity index (χ3n) is 6.05. The first-order valence-corrected chi connectivity index (χ1v) is 14.2. The number of carbonyl (C=O) groups is 2. The van der Waals surface area contributed by atoms with Crippen molar-refractivity contribution in [3.63, 3.8) is 0 Å². The van der Waals surface area contributed by atoms with E-state index >= 15 is 4.39 Å². The molecule has 0 radical (unpaired) electrons. The highest BCUT2D eigenvalue weighted by atomic mass is 32.2. The van der Waals surface area contributed by atoms with Crippen molar-refractivity contribution < 1.29 is 45.0 Å². The van der Waals surface area contributed by atoms with E-state index in [1.165, 1.54) is 46.4 Å². The standard InChI is InChI=1S/C25H25F4N5O6S/c1-41(37,38)14-34-12-16(10-32-34)20-9-18(24(30)36)22(11-31-20)39-21-6-7-33(13-19(21)26)23(35)8-15-2-4-17(5-3-15)40-25(27,28)29/h2-5,9-12,19,21H,6-8,13-14H2,1H3,(H2,30,36)/t19?,21-/m0/s1. The smallest absolute Gasteiger partial charge is 0.485 e. The van der Waals surface area contributed by atoms with Crippen LogP contribution in [0, 0.1) is 0 Å². The number of pyridine rings is 1. The molecular formula is C25H25F4N5O6S. The molecule has 1 saturated heterocycles. The van der Waals surface area contributed by atoms with E-state index in [9.17, 15) is 31.2 Å². The van der Waals surface area contributed by atoms with Crippen LogP contribution in [0.1, 0.15) is 22.3 Å². The number of likely N-dealkylation sites (tertiary alicyclic amines) is 1. The molecule has 2 N–H and O–H groups in total. The van der Waals surface area contributed by atoms with Crippen molar-refractivity contribution in [2.75, 3.05) is 19.3 Å². The molecule has 1 unspecified atom stereocenters. The lowest BCUT2D eigenvalue weighted by Gasteiger charge is -2.35. The van der Waals surface area contributed by atoms with Gasteiger partial charge in [0.2, 0.25) is 5.91 Å². The number of carbonyl (C=O) groups excluding carboxylic acids is 2. The number of sulfone groups is 1. The van der Waals surface area contributed by atoms with Crippen LogP contribution in [-0.2, 0) is 26.9 Å². The monoisotopic (exact) mass is 599 g/mol. The van der Waals surface area contributed by atoms with Gasteiger partial charge in [0.05, 0.1) is 36.6 Å². The first kappa shape index (κ1) is 29.8. The average Bonchev–Trinajstić information content (AvgIpc) is 3.32. The number of alkyl halides is 4. The molecule has 1 aliphatic rings. The van der Waals surface area contributed by atoms with Crippen LogP contribution in [0.25, 0.3) is 11.3 Å². The van der Waals surface area contributed by atoms with E-state index in [0.29, 0.717) is 11.1 Å². The number of nitrogens with two attached hydrogens (primary N) is 1. The highest BCUT2D eigenvalue weighted by Gasteiger charge is 2.34. The number of halogens is 4. The van der Waals surface area contributed by atoms with E-state index < -0.39 is 46.0 Å². The number of aromatic nitrogens is 3. The van der Waals surface area contributed by atoms with Gasteiger partial charge in [-0.2, -0.15) is 5.10 Å². The molecule has 0 saturated carbocycles. The molecule has 1 fully saturated rings. The normalized spacial score (nSPS) is 17.7. The van der Waals surface area contributed by atoms with Gasteiger partial charge in [0, 0.05) is 31.0 Å². The van der Waals surface area contributed by atoms with Gasteiger partial charge in [-0.1, -0.05) is 12.1 Å². The van der Waals surface area contributed by atoms with Gasteiger partial charge in [-0.15, -0.1) is 13.2 Å². The van der Waals surface area contributed by atoms with Crippen LogP contribution in [-0.4, -0.2) is 77.9 Å². The number of nitrogens with zero attached hydrogens (tertiary/aromatic N) is 4. The number of hydrogen-bond acceptors (Lipinski definition) is 8. The topological polar surface area (TPSA) is 147 Å². The summed E-state index contributed by atoms with van der Waals surface area (Å²) in [5.74, 6) is -2.11. The van der Waals surface area contributed by atoms with E-state index in [0.717, 1.165) is 18.4 Å². The Bertz CT molecular complexity index is 1530. The minimum absolute atomic E-state index is 0.0571. The summed E-state index contributed by atoms with van der Waals surface area (Å²) in [7, 11) is -3.34.